The summed E-state index contributed by atoms with van der Waals surface area (Å²) in [6.07, 6.45) is 6.82. The first-order valence-electron chi connectivity index (χ1n) is 7.52. The zero-order valence-corrected chi connectivity index (χ0v) is 12.2. The van der Waals surface area contributed by atoms with Crippen molar-refractivity contribution in [3.8, 4) is 0 Å². The lowest BCUT2D eigenvalue weighted by Gasteiger charge is -2.09. The van der Waals surface area contributed by atoms with E-state index in [1.807, 2.05) is 12.1 Å². The van der Waals surface area contributed by atoms with Crippen LogP contribution >= 0.6 is 0 Å². The summed E-state index contributed by atoms with van der Waals surface area (Å²) in [5.41, 5.74) is 7.16. The quantitative estimate of drug-likeness (QED) is 0.325. The fourth-order valence-corrected chi connectivity index (χ4v) is 2.77. The Morgan fingerprint density at radius 3 is 2.57 bits per heavy atom. The van der Waals surface area contributed by atoms with E-state index in [2.05, 4.69) is 10.5 Å². The van der Waals surface area contributed by atoms with Gasteiger partial charge in [0.25, 0.3) is 0 Å². The molecule has 1 aromatic carbocycles. The molecule has 1 aromatic rings. The molecule has 0 saturated heterocycles. The Balaban J connectivity index is 1.73. The van der Waals surface area contributed by atoms with Gasteiger partial charge < -0.3 is 16.3 Å². The fourth-order valence-electron chi connectivity index (χ4n) is 2.77. The molecule has 0 spiro atoms. The van der Waals surface area contributed by atoms with Crippen molar-refractivity contribution in [2.45, 2.75) is 45.1 Å². The van der Waals surface area contributed by atoms with Crippen molar-refractivity contribution in [3.63, 3.8) is 0 Å². The Kier molecular flexibility index (Phi) is 5.60. The van der Waals surface area contributed by atoms with Gasteiger partial charge in [-0.3, -0.25) is 4.79 Å². The van der Waals surface area contributed by atoms with Gasteiger partial charge in [-0.2, -0.15) is 0 Å². The number of carbonyl (C=O) groups is 1. The summed E-state index contributed by atoms with van der Waals surface area (Å²) in [7, 11) is 0. The van der Waals surface area contributed by atoms with Crippen LogP contribution in [0.15, 0.2) is 29.4 Å². The maximum Gasteiger partial charge on any atom is 0.220 e. The highest BCUT2D eigenvalue weighted by Gasteiger charge is 2.15. The summed E-state index contributed by atoms with van der Waals surface area (Å²) in [6.45, 7) is 0.514. The number of rotatable bonds is 6. The van der Waals surface area contributed by atoms with E-state index in [1.165, 1.54) is 25.7 Å². The topological polar surface area (TPSA) is 87.7 Å². The van der Waals surface area contributed by atoms with E-state index in [0.717, 1.165) is 17.9 Å². The van der Waals surface area contributed by atoms with Crippen molar-refractivity contribution in [1.29, 1.82) is 0 Å². The lowest BCUT2D eigenvalue weighted by molar-refractivity contribution is -0.121. The molecule has 5 nitrogen and oxygen atoms in total. The van der Waals surface area contributed by atoms with Crippen LogP contribution in [-0.2, 0) is 11.3 Å². The third-order valence-electron chi connectivity index (χ3n) is 4.10. The van der Waals surface area contributed by atoms with Gasteiger partial charge in [0.05, 0.1) is 0 Å². The number of nitrogens with two attached hydrogens (primary N) is 1. The molecule has 0 unspecified atom stereocenters. The average Bonchev–Trinajstić information content (AvgIpc) is 3.04. The molecule has 1 amide bonds. The van der Waals surface area contributed by atoms with Crippen LogP contribution < -0.4 is 11.1 Å². The largest absolute Gasteiger partial charge is 0.409 e. The van der Waals surface area contributed by atoms with E-state index >= 15 is 0 Å². The highest BCUT2D eigenvalue weighted by molar-refractivity contribution is 5.96. The molecule has 1 aliphatic rings. The van der Waals surface area contributed by atoms with Crippen LogP contribution in [0.4, 0.5) is 0 Å². The molecule has 114 valence electrons. The highest BCUT2D eigenvalue weighted by atomic mass is 16.4. The van der Waals surface area contributed by atoms with Gasteiger partial charge in [-0.1, -0.05) is 55.1 Å². The van der Waals surface area contributed by atoms with Crippen LogP contribution in [0, 0.1) is 5.92 Å². The summed E-state index contributed by atoms with van der Waals surface area (Å²) in [4.78, 5) is 11.8. The van der Waals surface area contributed by atoms with Crippen molar-refractivity contribution in [1.82, 2.24) is 5.32 Å². The number of benzene rings is 1. The van der Waals surface area contributed by atoms with E-state index < -0.39 is 0 Å². The smallest absolute Gasteiger partial charge is 0.220 e. The lowest BCUT2D eigenvalue weighted by atomic mass is 10.0. The number of carbonyl (C=O) groups excluding carboxylic acids is 1. The van der Waals surface area contributed by atoms with E-state index in [4.69, 9.17) is 10.9 Å². The summed E-state index contributed by atoms with van der Waals surface area (Å²) >= 11 is 0. The van der Waals surface area contributed by atoms with Gasteiger partial charge in [0, 0.05) is 18.5 Å². The molecule has 1 fully saturated rings. The normalized spacial score (nSPS) is 16.1. The summed E-state index contributed by atoms with van der Waals surface area (Å²) < 4.78 is 0. The van der Waals surface area contributed by atoms with Gasteiger partial charge in [0.1, 0.15) is 0 Å². The van der Waals surface area contributed by atoms with Crippen molar-refractivity contribution in [2.24, 2.45) is 16.8 Å². The monoisotopic (exact) mass is 289 g/mol. The first-order chi connectivity index (χ1) is 10.2. The SMILES string of the molecule is NC(=NO)c1ccc(CNC(=O)CCC2CCCC2)cc1. The zero-order chi connectivity index (χ0) is 15.1. The van der Waals surface area contributed by atoms with Crippen LogP contribution in [0.5, 0.6) is 0 Å². The molecule has 0 aromatic heterocycles. The molecule has 0 bridgehead atoms. The molecule has 4 N–H and O–H groups in total. The molecule has 1 saturated carbocycles. The Labute approximate surface area is 125 Å². The fraction of sp³-hybridized carbons (Fsp3) is 0.500. The van der Waals surface area contributed by atoms with Crippen LogP contribution in [0.1, 0.15) is 49.7 Å². The number of hydrogen-bond donors (Lipinski definition) is 3. The van der Waals surface area contributed by atoms with Crippen LogP contribution in [0.3, 0.4) is 0 Å². The van der Waals surface area contributed by atoms with Crippen LogP contribution in [-0.4, -0.2) is 17.0 Å². The molecule has 5 heteroatoms. The minimum Gasteiger partial charge on any atom is -0.409 e. The van der Waals surface area contributed by atoms with E-state index in [-0.39, 0.29) is 11.7 Å². The number of hydrogen-bond acceptors (Lipinski definition) is 3. The lowest BCUT2D eigenvalue weighted by Crippen LogP contribution is -2.23. The molecule has 0 radical (unpaired) electrons. The third-order valence-corrected chi connectivity index (χ3v) is 4.10. The first kappa shape index (κ1) is 15.4. The number of amides is 1. The molecule has 2 rings (SSSR count). The Morgan fingerprint density at radius 1 is 1.29 bits per heavy atom. The summed E-state index contributed by atoms with van der Waals surface area (Å²) in [6, 6.07) is 7.28. The maximum atomic E-state index is 11.8. The summed E-state index contributed by atoms with van der Waals surface area (Å²) in [5, 5.41) is 14.5. The molecule has 0 aliphatic heterocycles. The van der Waals surface area contributed by atoms with Gasteiger partial charge in [-0.15, -0.1) is 0 Å². The third kappa shape index (κ3) is 4.77. The second-order valence-electron chi connectivity index (χ2n) is 5.65. The van der Waals surface area contributed by atoms with Crippen molar-refractivity contribution >= 4 is 11.7 Å². The minimum atomic E-state index is 0.0853. The predicted molar refractivity (Wildman–Crippen MR) is 82.0 cm³/mol. The molecular formula is C16H23N3O2. The Morgan fingerprint density at radius 2 is 1.95 bits per heavy atom. The van der Waals surface area contributed by atoms with E-state index in [0.29, 0.717) is 18.5 Å². The van der Waals surface area contributed by atoms with Crippen molar-refractivity contribution in [3.05, 3.63) is 35.4 Å². The highest BCUT2D eigenvalue weighted by Crippen LogP contribution is 2.28. The second-order valence-corrected chi connectivity index (χ2v) is 5.65. The summed E-state index contributed by atoms with van der Waals surface area (Å²) in [5.74, 6) is 0.945. The standard InChI is InChI=1S/C16H23N3O2/c17-16(19-21)14-8-5-13(6-9-14)11-18-15(20)10-7-12-3-1-2-4-12/h5-6,8-9,12,21H,1-4,7,10-11H2,(H2,17,19)(H,18,20). The average molecular weight is 289 g/mol. The van der Waals surface area contributed by atoms with Gasteiger partial charge in [0.15, 0.2) is 5.84 Å². The number of nitrogens with zero attached hydrogens (tertiary/aromatic N) is 1. The molecule has 1 aliphatic carbocycles. The van der Waals surface area contributed by atoms with Crippen molar-refractivity contribution in [2.75, 3.05) is 0 Å². The van der Waals surface area contributed by atoms with Crippen LogP contribution in [0.2, 0.25) is 0 Å². The molecule has 0 atom stereocenters. The maximum absolute atomic E-state index is 11.8. The minimum absolute atomic E-state index is 0.0853. The zero-order valence-electron chi connectivity index (χ0n) is 12.2. The second kappa shape index (κ2) is 7.67. The van der Waals surface area contributed by atoms with E-state index in [1.54, 1.807) is 12.1 Å². The van der Waals surface area contributed by atoms with Crippen LogP contribution in [0.25, 0.3) is 0 Å². The van der Waals surface area contributed by atoms with Gasteiger partial charge >= 0.3 is 0 Å². The Bertz CT molecular complexity index is 491. The van der Waals surface area contributed by atoms with Gasteiger partial charge in [-0.25, -0.2) is 0 Å². The number of oxime groups is 1. The Hall–Kier alpha value is -2.04. The predicted octanol–water partition coefficient (Wildman–Crippen LogP) is 2.37. The molecular weight excluding hydrogens is 266 g/mol. The molecule has 21 heavy (non-hydrogen) atoms. The number of nitrogens with one attached hydrogen (secondary N) is 1. The number of amidine groups is 1. The van der Waals surface area contributed by atoms with Gasteiger partial charge in [0.2, 0.25) is 5.91 Å². The van der Waals surface area contributed by atoms with Gasteiger partial charge in [-0.05, 0) is 17.9 Å². The first-order valence-corrected chi connectivity index (χ1v) is 7.52. The van der Waals surface area contributed by atoms with E-state index in [9.17, 15) is 4.79 Å². The molecule has 0 heterocycles. The van der Waals surface area contributed by atoms with Crippen molar-refractivity contribution < 1.29 is 10.0 Å².